The first kappa shape index (κ1) is 19.1. The fraction of sp³-hybridized carbons (Fsp3) is 0.273. The lowest BCUT2D eigenvalue weighted by molar-refractivity contribution is 0.238. The van der Waals surface area contributed by atoms with E-state index in [2.05, 4.69) is 36.4 Å². The summed E-state index contributed by atoms with van der Waals surface area (Å²) in [7, 11) is 0. The van der Waals surface area contributed by atoms with E-state index in [0.29, 0.717) is 6.54 Å². The smallest absolute Gasteiger partial charge is 0.315 e. The van der Waals surface area contributed by atoms with Crippen molar-refractivity contribution in [2.45, 2.75) is 38.8 Å². The highest BCUT2D eigenvalue weighted by atomic mass is 32.1. The minimum absolute atomic E-state index is 0.0247. The van der Waals surface area contributed by atoms with Gasteiger partial charge in [-0.15, -0.1) is 11.3 Å². The summed E-state index contributed by atoms with van der Waals surface area (Å²) in [5, 5.41) is 9.09. The highest BCUT2D eigenvalue weighted by Gasteiger charge is 2.19. The number of aromatic nitrogens is 1. The minimum Gasteiger partial charge on any atom is -0.332 e. The third kappa shape index (κ3) is 5.17. The molecule has 4 nitrogen and oxygen atoms in total. The van der Waals surface area contributed by atoms with Gasteiger partial charge in [0.15, 0.2) is 0 Å². The van der Waals surface area contributed by atoms with Crippen molar-refractivity contribution in [2.75, 3.05) is 0 Å². The first-order valence-corrected chi connectivity index (χ1v) is 9.90. The minimum atomic E-state index is -0.210. The van der Waals surface area contributed by atoms with Crippen molar-refractivity contribution < 1.29 is 4.79 Å². The quantitative estimate of drug-likeness (QED) is 0.653. The van der Waals surface area contributed by atoms with Crippen LogP contribution < -0.4 is 10.6 Å². The second-order valence-corrected chi connectivity index (χ2v) is 8.33. The summed E-state index contributed by atoms with van der Waals surface area (Å²) < 4.78 is 0. The third-order valence-corrected chi connectivity index (χ3v) is 5.48. The Labute approximate surface area is 164 Å². The topological polar surface area (TPSA) is 54.0 Å². The maximum Gasteiger partial charge on any atom is 0.315 e. The van der Waals surface area contributed by atoms with E-state index in [-0.39, 0.29) is 17.5 Å². The molecule has 0 spiro atoms. The second kappa shape index (κ2) is 8.35. The molecule has 0 aliphatic carbocycles. The predicted molar refractivity (Wildman–Crippen MR) is 111 cm³/mol. The fourth-order valence-corrected chi connectivity index (χ4v) is 3.64. The molecule has 0 saturated carbocycles. The Kier molecular flexibility index (Phi) is 5.91. The monoisotopic (exact) mass is 379 g/mol. The van der Waals surface area contributed by atoms with Crippen LogP contribution >= 0.6 is 11.3 Å². The van der Waals surface area contributed by atoms with Gasteiger partial charge in [0.1, 0.15) is 0 Å². The van der Waals surface area contributed by atoms with Crippen LogP contribution in [0.25, 0.3) is 0 Å². The molecule has 0 unspecified atom stereocenters. The lowest BCUT2D eigenvalue weighted by Gasteiger charge is -2.20. The molecule has 2 aromatic carbocycles. The Hall–Kier alpha value is -2.66. The van der Waals surface area contributed by atoms with Crippen LogP contribution in [0.2, 0.25) is 0 Å². The Morgan fingerprint density at radius 2 is 1.56 bits per heavy atom. The lowest BCUT2D eigenvalue weighted by Crippen LogP contribution is -2.38. The molecule has 3 aromatic rings. The fourth-order valence-electron chi connectivity index (χ4n) is 2.74. The summed E-state index contributed by atoms with van der Waals surface area (Å²) in [6.45, 7) is 6.83. The van der Waals surface area contributed by atoms with Gasteiger partial charge in [-0.25, -0.2) is 9.78 Å². The number of nitrogens with one attached hydrogen (secondary N) is 2. The Balaban J connectivity index is 1.67. The number of benzene rings is 2. The molecule has 2 amide bonds. The van der Waals surface area contributed by atoms with E-state index in [1.54, 1.807) is 11.3 Å². The van der Waals surface area contributed by atoms with Crippen LogP contribution in [0.15, 0.2) is 66.0 Å². The number of thiazole rings is 1. The molecule has 0 saturated heterocycles. The Morgan fingerprint density at radius 1 is 1.00 bits per heavy atom. The van der Waals surface area contributed by atoms with Gasteiger partial charge in [-0.3, -0.25) is 0 Å². The van der Waals surface area contributed by atoms with E-state index >= 15 is 0 Å². The summed E-state index contributed by atoms with van der Waals surface area (Å²) in [5.41, 5.74) is 3.00. The molecule has 1 aromatic heterocycles. The first-order valence-electron chi connectivity index (χ1n) is 9.02. The predicted octanol–water partition coefficient (Wildman–Crippen LogP) is 5.03. The number of carbonyl (C=O) groups excluding carboxylic acids is 1. The number of hydrogen-bond acceptors (Lipinski definition) is 3. The van der Waals surface area contributed by atoms with Gasteiger partial charge in [0.25, 0.3) is 0 Å². The molecule has 5 heteroatoms. The van der Waals surface area contributed by atoms with Crippen LogP contribution in [-0.4, -0.2) is 11.0 Å². The number of nitrogens with zero attached hydrogens (tertiary/aromatic N) is 1. The normalized spacial score (nSPS) is 11.4. The van der Waals surface area contributed by atoms with Crippen molar-refractivity contribution in [1.29, 1.82) is 0 Å². The van der Waals surface area contributed by atoms with Crippen LogP contribution in [0.3, 0.4) is 0 Å². The summed E-state index contributed by atoms with van der Waals surface area (Å²) in [5.74, 6) is 0. The average Bonchev–Trinajstić information content (AvgIpc) is 3.15. The number of hydrogen-bond donors (Lipinski definition) is 2. The average molecular weight is 380 g/mol. The summed E-state index contributed by atoms with van der Waals surface area (Å²) in [6.07, 6.45) is 0. The second-order valence-electron chi connectivity index (χ2n) is 7.48. The zero-order valence-corrected chi connectivity index (χ0v) is 16.7. The molecule has 0 fully saturated rings. The molecular weight excluding hydrogens is 354 g/mol. The standard InChI is InChI=1S/C22H25N3OS/c1-22(2,3)20-24-18(15-27-20)14-23-21(26)25-19(16-10-6-4-7-11-16)17-12-8-5-9-13-17/h4-13,15,19H,14H2,1-3H3,(H2,23,25,26). The third-order valence-electron chi connectivity index (χ3n) is 4.16. The van der Waals surface area contributed by atoms with Gasteiger partial charge in [0.2, 0.25) is 0 Å². The van der Waals surface area contributed by atoms with E-state index in [0.717, 1.165) is 21.8 Å². The number of rotatable bonds is 5. The van der Waals surface area contributed by atoms with E-state index < -0.39 is 0 Å². The maximum absolute atomic E-state index is 12.5. The number of urea groups is 1. The highest BCUT2D eigenvalue weighted by molar-refractivity contribution is 7.09. The van der Waals surface area contributed by atoms with Crippen LogP contribution in [0.5, 0.6) is 0 Å². The molecule has 0 aliphatic heterocycles. The van der Waals surface area contributed by atoms with Crippen molar-refractivity contribution >= 4 is 17.4 Å². The molecule has 3 rings (SSSR count). The zero-order valence-electron chi connectivity index (χ0n) is 15.9. The van der Waals surface area contributed by atoms with E-state index in [1.807, 2.05) is 66.0 Å². The first-order chi connectivity index (χ1) is 12.9. The SMILES string of the molecule is CC(C)(C)c1nc(CNC(=O)NC(c2ccccc2)c2ccccc2)cs1. The van der Waals surface area contributed by atoms with Crippen LogP contribution in [-0.2, 0) is 12.0 Å². The molecule has 0 radical (unpaired) electrons. The molecule has 0 aliphatic rings. The molecule has 0 atom stereocenters. The number of amides is 2. The van der Waals surface area contributed by atoms with Crippen molar-refractivity contribution in [1.82, 2.24) is 15.6 Å². The van der Waals surface area contributed by atoms with E-state index in [9.17, 15) is 4.79 Å². The van der Waals surface area contributed by atoms with Crippen LogP contribution in [0, 0.1) is 0 Å². The van der Waals surface area contributed by atoms with E-state index in [4.69, 9.17) is 0 Å². The van der Waals surface area contributed by atoms with Crippen molar-refractivity contribution in [3.8, 4) is 0 Å². The van der Waals surface area contributed by atoms with E-state index in [1.165, 1.54) is 0 Å². The van der Waals surface area contributed by atoms with Gasteiger partial charge >= 0.3 is 6.03 Å². The zero-order chi connectivity index (χ0) is 19.3. The lowest BCUT2D eigenvalue weighted by atomic mass is 9.98. The van der Waals surface area contributed by atoms with Gasteiger partial charge < -0.3 is 10.6 Å². The van der Waals surface area contributed by atoms with Crippen molar-refractivity contribution in [3.63, 3.8) is 0 Å². The van der Waals surface area contributed by atoms with Crippen molar-refractivity contribution in [3.05, 3.63) is 87.9 Å². The Bertz CT molecular complexity index is 830. The van der Waals surface area contributed by atoms with Gasteiger partial charge in [-0.2, -0.15) is 0 Å². The van der Waals surface area contributed by atoms with Gasteiger partial charge in [0.05, 0.1) is 23.3 Å². The molecule has 1 heterocycles. The summed E-state index contributed by atoms with van der Waals surface area (Å²) in [6, 6.07) is 19.5. The van der Waals surface area contributed by atoms with Crippen LogP contribution in [0.1, 0.15) is 48.6 Å². The highest BCUT2D eigenvalue weighted by Crippen LogP contribution is 2.25. The van der Waals surface area contributed by atoms with Gasteiger partial charge in [-0.05, 0) is 11.1 Å². The molecule has 27 heavy (non-hydrogen) atoms. The van der Waals surface area contributed by atoms with Crippen LogP contribution in [0.4, 0.5) is 4.79 Å². The number of carbonyl (C=O) groups is 1. The molecule has 2 N–H and O–H groups in total. The summed E-state index contributed by atoms with van der Waals surface area (Å²) in [4.78, 5) is 17.2. The molecule has 0 bridgehead atoms. The summed E-state index contributed by atoms with van der Waals surface area (Å²) >= 11 is 1.63. The van der Waals surface area contributed by atoms with Gasteiger partial charge in [0, 0.05) is 10.8 Å². The molecule has 140 valence electrons. The van der Waals surface area contributed by atoms with Gasteiger partial charge in [-0.1, -0.05) is 81.4 Å². The largest absolute Gasteiger partial charge is 0.332 e. The molecular formula is C22H25N3OS. The van der Waals surface area contributed by atoms with Crippen molar-refractivity contribution in [2.24, 2.45) is 0 Å². The Morgan fingerprint density at radius 3 is 2.04 bits per heavy atom. The maximum atomic E-state index is 12.5.